The van der Waals surface area contributed by atoms with Crippen LogP contribution in [0, 0.1) is 10.8 Å². The monoisotopic (exact) mass is 585 g/mol. The fourth-order valence-corrected chi connectivity index (χ4v) is 8.21. The predicted molar refractivity (Wildman–Crippen MR) is 168 cm³/mol. The Balaban J connectivity index is 1.09. The van der Waals surface area contributed by atoms with Crippen molar-refractivity contribution in [1.29, 1.82) is 0 Å². The van der Waals surface area contributed by atoms with Crippen LogP contribution < -0.4 is 9.64 Å². The molecule has 5 aliphatic rings. The summed E-state index contributed by atoms with van der Waals surface area (Å²) in [6.45, 7) is 10.4. The Morgan fingerprint density at radius 3 is 1.86 bits per heavy atom. The van der Waals surface area contributed by atoms with Crippen LogP contribution in [-0.4, -0.2) is 60.2 Å². The molecule has 0 aliphatic carbocycles. The Bertz CT molecular complexity index is 1300. The molecule has 2 aromatic rings. The lowest BCUT2D eigenvalue weighted by Gasteiger charge is -2.66. The highest BCUT2D eigenvalue weighted by molar-refractivity contribution is 6.22. The average Bonchev–Trinajstić information content (AvgIpc) is 3.32. The van der Waals surface area contributed by atoms with Gasteiger partial charge in [-0.3, -0.25) is 29.1 Å². The summed E-state index contributed by atoms with van der Waals surface area (Å²) in [6, 6.07) is 15.6. The molecule has 7 rings (SSSR count). The molecule has 5 fully saturated rings. The predicted octanol–water partition coefficient (Wildman–Crippen LogP) is 6.48. The molecule has 2 amide bonds. The normalized spacial score (nSPS) is 31.3. The second-order valence-electron chi connectivity index (χ2n) is 13.4. The van der Waals surface area contributed by atoms with E-state index in [0.29, 0.717) is 18.1 Å². The third-order valence-electron chi connectivity index (χ3n) is 10.7. The van der Waals surface area contributed by atoms with Crippen LogP contribution in [0.25, 0.3) is 0 Å². The largest absolute Gasteiger partial charge is 0.494 e. The van der Waals surface area contributed by atoms with Gasteiger partial charge in [-0.25, -0.2) is 0 Å². The first kappa shape index (κ1) is 30.0. The van der Waals surface area contributed by atoms with E-state index in [1.807, 2.05) is 36.4 Å². The Morgan fingerprint density at radius 2 is 1.28 bits per heavy atom. The highest BCUT2D eigenvalue weighted by Crippen LogP contribution is 2.54. The van der Waals surface area contributed by atoms with Crippen LogP contribution >= 0.6 is 0 Å². The Labute approximate surface area is 256 Å². The van der Waals surface area contributed by atoms with Gasteiger partial charge in [-0.2, -0.15) is 0 Å². The van der Waals surface area contributed by atoms with Gasteiger partial charge >= 0.3 is 0 Å². The summed E-state index contributed by atoms with van der Waals surface area (Å²) in [7, 11) is 0. The van der Waals surface area contributed by atoms with Gasteiger partial charge in [0.25, 0.3) is 0 Å². The number of benzene rings is 2. The van der Waals surface area contributed by atoms with Crippen LogP contribution in [0.4, 0.5) is 5.69 Å². The lowest BCUT2D eigenvalue weighted by Crippen LogP contribution is -2.76. The zero-order valence-electron chi connectivity index (χ0n) is 26.1. The van der Waals surface area contributed by atoms with Crippen molar-refractivity contribution < 1.29 is 19.1 Å². The van der Waals surface area contributed by atoms with Crippen LogP contribution in [0.3, 0.4) is 0 Å². The summed E-state index contributed by atoms with van der Waals surface area (Å²) in [5, 5.41) is 0. The minimum Gasteiger partial charge on any atom is -0.494 e. The second kappa shape index (κ2) is 12.2. The molecule has 230 valence electrons. The van der Waals surface area contributed by atoms with E-state index in [2.05, 4.69) is 42.7 Å². The van der Waals surface area contributed by atoms with E-state index in [1.165, 1.54) is 37.0 Å². The molecule has 5 saturated heterocycles. The maximum absolute atomic E-state index is 13.5. The SMILES string of the molecule is CCCCCCCCOc1ccc(C2CC(=O)N(c3ccc(C4N5CC6(CC)CN4CC(CC)(C5)C6=O)cc3)C2=O)cc1. The summed E-state index contributed by atoms with van der Waals surface area (Å²) in [6.07, 6.45) is 9.39. The van der Waals surface area contributed by atoms with Crippen molar-refractivity contribution in [3.05, 3.63) is 59.7 Å². The number of anilines is 1. The van der Waals surface area contributed by atoms with Crippen molar-refractivity contribution >= 4 is 23.3 Å². The summed E-state index contributed by atoms with van der Waals surface area (Å²) in [5.41, 5.74) is 2.11. The van der Waals surface area contributed by atoms with E-state index in [1.54, 1.807) is 0 Å². The fraction of sp³-hybridized carbons (Fsp3) is 0.583. The van der Waals surface area contributed by atoms with Crippen LogP contribution in [0.5, 0.6) is 5.75 Å². The Kier molecular flexibility index (Phi) is 8.49. The van der Waals surface area contributed by atoms with Crippen molar-refractivity contribution in [2.24, 2.45) is 10.8 Å². The number of carbonyl (C=O) groups excluding carboxylic acids is 3. The molecular formula is C36H47N3O4. The quantitative estimate of drug-likeness (QED) is 0.198. The van der Waals surface area contributed by atoms with Gasteiger partial charge in [0.1, 0.15) is 11.5 Å². The number of hydrogen-bond acceptors (Lipinski definition) is 6. The Hall–Kier alpha value is -3.03. The average molecular weight is 586 g/mol. The highest BCUT2D eigenvalue weighted by Gasteiger charge is 2.64. The van der Waals surface area contributed by atoms with Gasteiger partial charge in [-0.05, 0) is 54.7 Å². The van der Waals surface area contributed by atoms with Gasteiger partial charge < -0.3 is 4.74 Å². The number of ether oxygens (including phenoxy) is 1. The topological polar surface area (TPSA) is 70.2 Å². The molecule has 5 aliphatic heterocycles. The molecule has 43 heavy (non-hydrogen) atoms. The molecular weight excluding hydrogens is 538 g/mol. The summed E-state index contributed by atoms with van der Waals surface area (Å²) >= 11 is 0. The molecule has 1 unspecified atom stereocenters. The second-order valence-corrected chi connectivity index (χ2v) is 13.4. The minimum atomic E-state index is -0.477. The lowest BCUT2D eigenvalue weighted by atomic mass is 9.58. The molecule has 0 radical (unpaired) electrons. The maximum atomic E-state index is 13.5. The van der Waals surface area contributed by atoms with E-state index in [-0.39, 0.29) is 35.2 Å². The molecule has 1 atom stereocenters. The lowest BCUT2D eigenvalue weighted by molar-refractivity contribution is -0.204. The summed E-state index contributed by atoms with van der Waals surface area (Å²) in [5.74, 6) is 0.462. The number of imide groups is 1. The molecule has 0 spiro atoms. The van der Waals surface area contributed by atoms with Gasteiger partial charge in [0.2, 0.25) is 11.8 Å². The molecule has 5 heterocycles. The van der Waals surface area contributed by atoms with Gasteiger partial charge in [-0.1, -0.05) is 77.1 Å². The first-order valence-electron chi connectivity index (χ1n) is 16.6. The van der Waals surface area contributed by atoms with Crippen molar-refractivity contribution in [1.82, 2.24) is 9.80 Å². The third-order valence-corrected chi connectivity index (χ3v) is 10.7. The first-order valence-corrected chi connectivity index (χ1v) is 16.6. The van der Waals surface area contributed by atoms with Gasteiger partial charge in [0.15, 0.2) is 0 Å². The van der Waals surface area contributed by atoms with E-state index < -0.39 is 5.92 Å². The van der Waals surface area contributed by atoms with Crippen LogP contribution in [0.1, 0.15) is 102 Å². The van der Waals surface area contributed by atoms with Crippen molar-refractivity contribution in [2.45, 2.75) is 90.6 Å². The summed E-state index contributed by atoms with van der Waals surface area (Å²) < 4.78 is 5.91. The number of amides is 2. The molecule has 7 nitrogen and oxygen atoms in total. The molecule has 7 heteroatoms. The first-order chi connectivity index (χ1) is 20.8. The number of unbranched alkanes of at least 4 members (excludes halogenated alkanes) is 5. The molecule has 0 aromatic heterocycles. The van der Waals surface area contributed by atoms with Crippen molar-refractivity contribution in [3.63, 3.8) is 0 Å². The van der Waals surface area contributed by atoms with Gasteiger partial charge in [0, 0.05) is 32.6 Å². The zero-order chi connectivity index (χ0) is 30.2. The maximum Gasteiger partial charge on any atom is 0.241 e. The number of nitrogens with zero attached hydrogens (tertiary/aromatic N) is 3. The number of hydrogen-bond donors (Lipinski definition) is 0. The third kappa shape index (κ3) is 5.33. The number of Topliss-reactive ketones (excluding diaryl/α,β-unsaturated/α-hetero) is 1. The Morgan fingerprint density at radius 1 is 0.721 bits per heavy atom. The van der Waals surface area contributed by atoms with E-state index in [9.17, 15) is 14.4 Å². The highest BCUT2D eigenvalue weighted by atomic mass is 16.5. The van der Waals surface area contributed by atoms with Crippen LogP contribution in [0.2, 0.25) is 0 Å². The van der Waals surface area contributed by atoms with Crippen molar-refractivity contribution in [3.8, 4) is 5.75 Å². The fourth-order valence-electron chi connectivity index (χ4n) is 8.21. The van der Waals surface area contributed by atoms with Gasteiger partial charge in [0.05, 0.1) is 35.2 Å². The van der Waals surface area contributed by atoms with E-state index >= 15 is 0 Å². The number of rotatable bonds is 13. The minimum absolute atomic E-state index is 0.126. The standard InChI is InChI=1S/C36H47N3O4/c1-4-7-8-9-10-11-20-43-29-18-14-26(15-19-29)30-21-31(40)39(33(30)41)28-16-12-27(13-17-28)32-37-22-35(5-2)23-38(32)25-36(6-3,24-37)34(35)42/h12-19,30,32H,4-11,20-25H2,1-3H3. The molecule has 4 bridgehead atoms. The van der Waals surface area contributed by atoms with E-state index in [0.717, 1.165) is 62.3 Å². The molecule has 0 saturated carbocycles. The number of piperidine rings is 2. The number of ketones is 1. The van der Waals surface area contributed by atoms with Crippen LogP contribution in [0.15, 0.2) is 48.5 Å². The molecule has 2 aromatic carbocycles. The smallest absolute Gasteiger partial charge is 0.241 e. The summed E-state index contributed by atoms with van der Waals surface area (Å²) in [4.78, 5) is 46.4. The number of carbonyl (C=O) groups is 3. The zero-order valence-corrected chi connectivity index (χ0v) is 26.1. The van der Waals surface area contributed by atoms with Gasteiger partial charge in [-0.15, -0.1) is 0 Å². The van der Waals surface area contributed by atoms with Crippen molar-refractivity contribution in [2.75, 3.05) is 37.7 Å². The van der Waals surface area contributed by atoms with E-state index in [4.69, 9.17) is 4.74 Å². The molecule has 0 N–H and O–H groups in total. The van der Waals surface area contributed by atoms with Crippen LogP contribution in [-0.2, 0) is 14.4 Å².